The average Bonchev–Trinajstić information content (AvgIpc) is 2.77. The molecule has 2 fully saturated rings. The van der Waals surface area contributed by atoms with Crippen LogP contribution >= 0.6 is 11.6 Å². The van der Waals surface area contributed by atoms with Crippen LogP contribution in [-0.4, -0.2) is 0 Å². The molecule has 30 heavy (non-hydrogen) atoms. The van der Waals surface area contributed by atoms with E-state index in [4.69, 9.17) is 11.6 Å². The fourth-order valence-corrected chi connectivity index (χ4v) is 6.01. The van der Waals surface area contributed by atoms with Crippen LogP contribution in [0.25, 0.3) is 11.1 Å². The summed E-state index contributed by atoms with van der Waals surface area (Å²) in [6.45, 7) is 2.29. The average molecular weight is 431 g/mol. The Labute approximate surface area is 185 Å². The number of rotatable bonds is 6. The van der Waals surface area contributed by atoms with E-state index in [1.165, 1.54) is 81.9 Å². The second kappa shape index (κ2) is 9.81. The van der Waals surface area contributed by atoms with Gasteiger partial charge in [0.2, 0.25) is 0 Å². The van der Waals surface area contributed by atoms with E-state index in [2.05, 4.69) is 19.1 Å². The first-order chi connectivity index (χ1) is 14.5. The van der Waals surface area contributed by atoms with E-state index in [0.717, 1.165) is 23.3 Å². The molecule has 4 atom stereocenters. The maximum atomic E-state index is 13.8. The molecule has 4 rings (SSSR count). The van der Waals surface area contributed by atoms with Gasteiger partial charge in [-0.3, -0.25) is 0 Å². The predicted octanol–water partition coefficient (Wildman–Crippen LogP) is 9.17. The van der Waals surface area contributed by atoms with E-state index in [-0.39, 0.29) is 0 Å². The van der Waals surface area contributed by atoms with E-state index in [0.29, 0.717) is 11.5 Å². The summed E-state index contributed by atoms with van der Waals surface area (Å²) in [5, 5.41) is -0.438. The number of halogens is 3. The number of fused-ring (bicyclic) bond motifs is 1. The highest BCUT2D eigenvalue weighted by Gasteiger charge is 2.35. The van der Waals surface area contributed by atoms with Crippen molar-refractivity contribution in [2.45, 2.75) is 77.0 Å². The lowest BCUT2D eigenvalue weighted by atomic mass is 9.63. The maximum Gasteiger partial charge on any atom is 0.145 e. The molecule has 1 unspecified atom stereocenters. The SMILES string of the molecule is CCCCCC1CC[C@@H]2C[C@H](c3ccc(-c4cc(F)c(Cl)c(F)c4)cc3)CC[C@@H]2C1. The van der Waals surface area contributed by atoms with Gasteiger partial charge in [0.1, 0.15) is 16.7 Å². The van der Waals surface area contributed by atoms with Gasteiger partial charge in [-0.05, 0) is 84.6 Å². The van der Waals surface area contributed by atoms with Crippen LogP contribution in [0.2, 0.25) is 5.02 Å². The quantitative estimate of drug-likeness (QED) is 0.316. The standard InChI is InChI=1S/C27H33ClF2/c1-2-3-4-5-18-6-7-23-15-22(13-12-21(23)14-18)19-8-10-20(11-9-19)24-16-25(29)27(28)26(30)17-24/h8-11,16-18,21-23H,2-7,12-15H2,1H3/t18?,21-,22-,23-/m1/s1. The minimum absolute atomic E-state index is 0.438. The van der Waals surface area contributed by atoms with E-state index in [9.17, 15) is 8.78 Å². The molecular formula is C27H33ClF2. The van der Waals surface area contributed by atoms with E-state index in [1.807, 2.05) is 12.1 Å². The Kier molecular flexibility index (Phi) is 7.13. The topological polar surface area (TPSA) is 0 Å². The first-order valence-corrected chi connectivity index (χ1v) is 12.2. The summed E-state index contributed by atoms with van der Waals surface area (Å²) >= 11 is 5.61. The summed E-state index contributed by atoms with van der Waals surface area (Å²) in [6, 6.07) is 10.9. The molecule has 0 saturated heterocycles. The Morgan fingerprint density at radius 2 is 1.50 bits per heavy atom. The zero-order chi connectivity index (χ0) is 21.1. The molecule has 0 heterocycles. The van der Waals surface area contributed by atoms with Crippen molar-refractivity contribution in [1.29, 1.82) is 0 Å². The van der Waals surface area contributed by atoms with Crippen LogP contribution in [0.3, 0.4) is 0 Å². The summed E-state index contributed by atoms with van der Waals surface area (Å²) in [7, 11) is 0. The summed E-state index contributed by atoms with van der Waals surface area (Å²) in [5.41, 5.74) is 2.73. The maximum absolute atomic E-state index is 13.8. The Morgan fingerprint density at radius 3 is 2.20 bits per heavy atom. The number of hydrogen-bond acceptors (Lipinski definition) is 0. The van der Waals surface area contributed by atoms with Crippen LogP contribution in [0.4, 0.5) is 8.78 Å². The van der Waals surface area contributed by atoms with Crippen LogP contribution in [0, 0.1) is 29.4 Å². The highest BCUT2D eigenvalue weighted by Crippen LogP contribution is 2.48. The van der Waals surface area contributed by atoms with Crippen LogP contribution in [0.1, 0.15) is 82.6 Å². The molecule has 0 aliphatic heterocycles. The van der Waals surface area contributed by atoms with Gasteiger partial charge < -0.3 is 0 Å². The molecule has 0 N–H and O–H groups in total. The summed E-state index contributed by atoms with van der Waals surface area (Å²) in [6.07, 6.45) is 13.8. The fourth-order valence-electron chi connectivity index (χ4n) is 5.90. The van der Waals surface area contributed by atoms with Gasteiger partial charge in [-0.2, -0.15) is 0 Å². The molecule has 2 aliphatic carbocycles. The first-order valence-electron chi connectivity index (χ1n) is 11.8. The number of unbranched alkanes of at least 4 members (excludes halogenated alkanes) is 2. The van der Waals surface area contributed by atoms with Gasteiger partial charge in [-0.15, -0.1) is 0 Å². The third kappa shape index (κ3) is 4.90. The lowest BCUT2D eigenvalue weighted by Gasteiger charge is -2.42. The molecule has 162 valence electrons. The molecule has 0 amide bonds. The molecule has 2 aromatic rings. The molecule has 2 aliphatic rings. The van der Waals surface area contributed by atoms with Gasteiger partial charge in [0.05, 0.1) is 0 Å². The van der Waals surface area contributed by atoms with Crippen molar-refractivity contribution in [3.8, 4) is 11.1 Å². The van der Waals surface area contributed by atoms with E-state index < -0.39 is 16.7 Å². The Bertz CT molecular complexity index is 821. The number of benzene rings is 2. The highest BCUT2D eigenvalue weighted by molar-refractivity contribution is 6.31. The van der Waals surface area contributed by atoms with Gasteiger partial charge >= 0.3 is 0 Å². The van der Waals surface area contributed by atoms with Gasteiger partial charge in [0, 0.05) is 0 Å². The molecule has 0 aromatic heterocycles. The van der Waals surface area contributed by atoms with Gasteiger partial charge in [-0.25, -0.2) is 8.78 Å². The minimum Gasteiger partial charge on any atom is -0.205 e. The Balaban J connectivity index is 1.37. The second-order valence-corrected chi connectivity index (χ2v) is 9.96. The van der Waals surface area contributed by atoms with Gasteiger partial charge in [-0.1, -0.05) is 74.9 Å². The van der Waals surface area contributed by atoms with Crippen molar-refractivity contribution in [1.82, 2.24) is 0 Å². The van der Waals surface area contributed by atoms with Crippen LogP contribution in [-0.2, 0) is 0 Å². The minimum atomic E-state index is -0.709. The summed E-state index contributed by atoms with van der Waals surface area (Å²) < 4.78 is 27.6. The second-order valence-electron chi connectivity index (χ2n) is 9.58. The molecule has 0 spiro atoms. The van der Waals surface area contributed by atoms with E-state index in [1.54, 1.807) is 0 Å². The molecule has 2 saturated carbocycles. The molecule has 2 aromatic carbocycles. The largest absolute Gasteiger partial charge is 0.205 e. The van der Waals surface area contributed by atoms with Crippen LogP contribution in [0.15, 0.2) is 36.4 Å². The van der Waals surface area contributed by atoms with Crippen molar-refractivity contribution < 1.29 is 8.78 Å². The van der Waals surface area contributed by atoms with Gasteiger partial charge in [0.25, 0.3) is 0 Å². The van der Waals surface area contributed by atoms with Crippen molar-refractivity contribution in [3.05, 3.63) is 58.6 Å². The Hall–Kier alpha value is -1.41. The normalized spacial score (nSPS) is 26.4. The number of hydrogen-bond donors (Lipinski definition) is 0. The molecule has 0 bridgehead atoms. The van der Waals surface area contributed by atoms with Crippen molar-refractivity contribution >= 4 is 11.6 Å². The summed E-state index contributed by atoms with van der Waals surface area (Å²) in [4.78, 5) is 0. The van der Waals surface area contributed by atoms with E-state index >= 15 is 0 Å². The smallest absolute Gasteiger partial charge is 0.145 e. The molecule has 3 heteroatoms. The van der Waals surface area contributed by atoms with Crippen molar-refractivity contribution in [2.24, 2.45) is 17.8 Å². The van der Waals surface area contributed by atoms with Crippen LogP contribution < -0.4 is 0 Å². The zero-order valence-corrected chi connectivity index (χ0v) is 18.7. The molecule has 0 nitrogen and oxygen atoms in total. The molecule has 0 radical (unpaired) electrons. The lowest BCUT2D eigenvalue weighted by molar-refractivity contribution is 0.113. The van der Waals surface area contributed by atoms with Crippen molar-refractivity contribution in [2.75, 3.05) is 0 Å². The highest BCUT2D eigenvalue weighted by atomic mass is 35.5. The molecular weight excluding hydrogens is 398 g/mol. The lowest BCUT2D eigenvalue weighted by Crippen LogP contribution is -2.30. The third-order valence-electron chi connectivity index (χ3n) is 7.64. The Morgan fingerprint density at radius 1 is 0.833 bits per heavy atom. The fraction of sp³-hybridized carbons (Fsp3) is 0.556. The predicted molar refractivity (Wildman–Crippen MR) is 122 cm³/mol. The van der Waals surface area contributed by atoms with Crippen LogP contribution in [0.5, 0.6) is 0 Å². The monoisotopic (exact) mass is 430 g/mol. The van der Waals surface area contributed by atoms with Gasteiger partial charge in [0.15, 0.2) is 0 Å². The van der Waals surface area contributed by atoms with Crippen molar-refractivity contribution in [3.63, 3.8) is 0 Å². The summed E-state index contributed by atoms with van der Waals surface area (Å²) in [5.74, 6) is 1.98. The first kappa shape index (κ1) is 21.8. The third-order valence-corrected chi connectivity index (χ3v) is 8.00. The zero-order valence-electron chi connectivity index (χ0n) is 18.0.